The van der Waals surface area contributed by atoms with Gasteiger partial charge >= 0.3 is 5.97 Å². The van der Waals surface area contributed by atoms with E-state index >= 15 is 0 Å². The van der Waals surface area contributed by atoms with Crippen LogP contribution in [-0.2, 0) is 4.79 Å². The molecule has 0 aliphatic heterocycles. The van der Waals surface area contributed by atoms with Gasteiger partial charge in [0.1, 0.15) is 12.2 Å². The molecule has 5 nitrogen and oxygen atoms in total. The first-order valence-corrected chi connectivity index (χ1v) is 4.13. The van der Waals surface area contributed by atoms with Crippen LogP contribution in [0.3, 0.4) is 0 Å². The quantitative estimate of drug-likeness (QED) is 0.701. The van der Waals surface area contributed by atoms with Crippen LogP contribution in [0.2, 0.25) is 0 Å². The molecule has 1 fully saturated rings. The van der Waals surface area contributed by atoms with E-state index in [1.54, 1.807) is 0 Å². The van der Waals surface area contributed by atoms with Gasteiger partial charge in [-0.05, 0) is 5.41 Å². The summed E-state index contributed by atoms with van der Waals surface area (Å²) in [4.78, 5) is 14.8. The zero-order valence-electron chi connectivity index (χ0n) is 7.48. The fraction of sp³-hybridized carbons (Fsp3) is 0.625. The summed E-state index contributed by atoms with van der Waals surface area (Å²) in [7, 11) is 0. The van der Waals surface area contributed by atoms with Crippen molar-refractivity contribution in [3.8, 4) is 0 Å². The largest absolute Gasteiger partial charge is 0.481 e. The van der Waals surface area contributed by atoms with Gasteiger partial charge in [-0.25, -0.2) is 4.98 Å². The standard InChI is InChI=1S/C8H11N3O2/c1-8(2)4(5(8)7(12)13)6-9-3-10-11-6/h3-5H,1-2H3,(H,12,13)(H,9,10,11)/t4-,5-/m0/s1. The number of aromatic amines is 1. The number of carboxylic acids is 1. The zero-order chi connectivity index (χ0) is 9.64. The van der Waals surface area contributed by atoms with Crippen LogP contribution in [0.15, 0.2) is 6.33 Å². The maximum absolute atomic E-state index is 10.8. The topological polar surface area (TPSA) is 78.9 Å². The highest BCUT2D eigenvalue weighted by atomic mass is 16.4. The summed E-state index contributed by atoms with van der Waals surface area (Å²) >= 11 is 0. The summed E-state index contributed by atoms with van der Waals surface area (Å²) in [6.45, 7) is 3.86. The highest BCUT2D eigenvalue weighted by Gasteiger charge is 2.64. The fourth-order valence-corrected chi connectivity index (χ4v) is 1.97. The van der Waals surface area contributed by atoms with Gasteiger partial charge in [-0.2, -0.15) is 5.10 Å². The second kappa shape index (κ2) is 2.31. The first-order valence-electron chi connectivity index (χ1n) is 4.13. The summed E-state index contributed by atoms with van der Waals surface area (Å²) in [5.41, 5.74) is -0.203. The molecule has 2 rings (SSSR count). The van der Waals surface area contributed by atoms with E-state index in [9.17, 15) is 4.79 Å². The Morgan fingerprint density at radius 1 is 1.69 bits per heavy atom. The Morgan fingerprint density at radius 3 is 2.77 bits per heavy atom. The molecule has 0 spiro atoms. The zero-order valence-corrected chi connectivity index (χ0v) is 7.48. The number of nitrogens with zero attached hydrogens (tertiary/aromatic N) is 2. The third-order valence-electron chi connectivity index (χ3n) is 2.82. The summed E-state index contributed by atoms with van der Waals surface area (Å²) in [5.74, 6) is -0.434. The monoisotopic (exact) mass is 181 g/mol. The van der Waals surface area contributed by atoms with E-state index in [0.29, 0.717) is 5.82 Å². The highest BCUT2D eigenvalue weighted by Crippen LogP contribution is 2.63. The molecule has 0 radical (unpaired) electrons. The number of carbonyl (C=O) groups is 1. The number of aliphatic carboxylic acids is 1. The van der Waals surface area contributed by atoms with Crippen molar-refractivity contribution in [3.63, 3.8) is 0 Å². The normalized spacial score (nSPS) is 30.0. The number of hydrogen-bond donors (Lipinski definition) is 2. The molecule has 0 unspecified atom stereocenters. The van der Waals surface area contributed by atoms with Crippen LogP contribution < -0.4 is 0 Å². The van der Waals surface area contributed by atoms with Gasteiger partial charge in [-0.15, -0.1) is 0 Å². The molecule has 0 saturated heterocycles. The molecular formula is C8H11N3O2. The molecule has 13 heavy (non-hydrogen) atoms. The average Bonchev–Trinajstić information content (AvgIpc) is 2.50. The van der Waals surface area contributed by atoms with E-state index in [-0.39, 0.29) is 17.3 Å². The second-order valence-corrected chi connectivity index (χ2v) is 3.99. The predicted octanol–water partition coefficient (Wildman–Crippen LogP) is 0.629. The van der Waals surface area contributed by atoms with Crippen molar-refractivity contribution in [1.82, 2.24) is 15.2 Å². The molecule has 2 atom stereocenters. The molecule has 2 N–H and O–H groups in total. The van der Waals surface area contributed by atoms with Crippen molar-refractivity contribution in [2.75, 3.05) is 0 Å². The summed E-state index contributed by atoms with van der Waals surface area (Å²) < 4.78 is 0. The van der Waals surface area contributed by atoms with Gasteiger partial charge in [0.05, 0.1) is 5.92 Å². The van der Waals surface area contributed by atoms with Crippen molar-refractivity contribution in [3.05, 3.63) is 12.2 Å². The van der Waals surface area contributed by atoms with Crippen molar-refractivity contribution in [2.45, 2.75) is 19.8 Å². The second-order valence-electron chi connectivity index (χ2n) is 3.99. The van der Waals surface area contributed by atoms with Crippen LogP contribution in [-0.4, -0.2) is 26.3 Å². The van der Waals surface area contributed by atoms with E-state index in [1.807, 2.05) is 13.8 Å². The van der Waals surface area contributed by atoms with Crippen LogP contribution in [0.5, 0.6) is 0 Å². The van der Waals surface area contributed by atoms with Gasteiger partial charge in [-0.1, -0.05) is 13.8 Å². The molecule has 0 amide bonds. The highest BCUT2D eigenvalue weighted by molar-refractivity contribution is 5.77. The smallest absolute Gasteiger partial charge is 0.307 e. The van der Waals surface area contributed by atoms with Crippen molar-refractivity contribution in [2.24, 2.45) is 11.3 Å². The maximum atomic E-state index is 10.8. The minimum Gasteiger partial charge on any atom is -0.481 e. The van der Waals surface area contributed by atoms with Crippen LogP contribution >= 0.6 is 0 Å². The van der Waals surface area contributed by atoms with Gasteiger partial charge < -0.3 is 5.11 Å². The van der Waals surface area contributed by atoms with Crippen molar-refractivity contribution in [1.29, 1.82) is 0 Å². The molecule has 0 bridgehead atoms. The molecule has 5 heteroatoms. The van der Waals surface area contributed by atoms with Gasteiger partial charge in [0.2, 0.25) is 0 Å². The SMILES string of the molecule is CC1(C)[C@H](C(=O)O)[C@H]1c1ncn[nH]1. The van der Waals surface area contributed by atoms with Gasteiger partial charge in [0, 0.05) is 5.92 Å². The minimum atomic E-state index is -0.758. The number of aromatic nitrogens is 3. The Hall–Kier alpha value is -1.39. The third-order valence-corrected chi connectivity index (χ3v) is 2.82. The third kappa shape index (κ3) is 1.03. The maximum Gasteiger partial charge on any atom is 0.307 e. The Bertz CT molecular complexity index is 331. The lowest BCUT2D eigenvalue weighted by atomic mass is 10.1. The molecular weight excluding hydrogens is 170 g/mol. The Morgan fingerprint density at radius 2 is 2.38 bits per heavy atom. The fourth-order valence-electron chi connectivity index (χ4n) is 1.97. The predicted molar refractivity (Wildman–Crippen MR) is 44.0 cm³/mol. The summed E-state index contributed by atoms with van der Waals surface area (Å²) in [5, 5.41) is 15.3. The number of rotatable bonds is 2. The van der Waals surface area contributed by atoms with E-state index < -0.39 is 5.97 Å². The van der Waals surface area contributed by atoms with E-state index in [0.717, 1.165) is 0 Å². The minimum absolute atomic E-state index is 0.0208. The van der Waals surface area contributed by atoms with E-state index in [2.05, 4.69) is 15.2 Å². The van der Waals surface area contributed by atoms with E-state index in [1.165, 1.54) is 6.33 Å². The van der Waals surface area contributed by atoms with Crippen LogP contribution in [0, 0.1) is 11.3 Å². The number of carboxylic acid groups (broad SMARTS) is 1. The van der Waals surface area contributed by atoms with Crippen LogP contribution in [0.4, 0.5) is 0 Å². The van der Waals surface area contributed by atoms with Crippen LogP contribution in [0.1, 0.15) is 25.6 Å². The lowest BCUT2D eigenvalue weighted by molar-refractivity contribution is -0.139. The average molecular weight is 181 g/mol. The van der Waals surface area contributed by atoms with Gasteiger partial charge in [-0.3, -0.25) is 9.89 Å². The Balaban J connectivity index is 2.25. The first kappa shape index (κ1) is 8.22. The number of hydrogen-bond acceptors (Lipinski definition) is 3. The lowest BCUT2D eigenvalue weighted by Gasteiger charge is -1.96. The Kier molecular flexibility index (Phi) is 1.46. The summed E-state index contributed by atoms with van der Waals surface area (Å²) in [6.07, 6.45) is 1.41. The first-order chi connectivity index (χ1) is 6.05. The van der Waals surface area contributed by atoms with Gasteiger partial charge in [0.15, 0.2) is 0 Å². The van der Waals surface area contributed by atoms with Crippen molar-refractivity contribution >= 4 is 5.97 Å². The summed E-state index contributed by atoms with van der Waals surface area (Å²) in [6, 6.07) is 0. The molecule has 1 aromatic rings. The molecule has 1 aliphatic carbocycles. The molecule has 70 valence electrons. The lowest BCUT2D eigenvalue weighted by Crippen LogP contribution is -2.03. The van der Waals surface area contributed by atoms with Gasteiger partial charge in [0.25, 0.3) is 0 Å². The Labute approximate surface area is 75.2 Å². The van der Waals surface area contributed by atoms with Crippen molar-refractivity contribution < 1.29 is 9.90 Å². The molecule has 1 aromatic heterocycles. The molecule has 1 saturated carbocycles. The van der Waals surface area contributed by atoms with Crippen LogP contribution in [0.25, 0.3) is 0 Å². The molecule has 0 aromatic carbocycles. The number of nitrogens with one attached hydrogen (secondary N) is 1. The molecule has 1 heterocycles. The number of H-pyrrole nitrogens is 1. The van der Waals surface area contributed by atoms with E-state index in [4.69, 9.17) is 5.11 Å². The molecule has 1 aliphatic rings.